The number of benzene rings is 1. The van der Waals surface area contributed by atoms with E-state index in [1.54, 1.807) is 0 Å². The highest BCUT2D eigenvalue weighted by Gasteiger charge is 2.33. The van der Waals surface area contributed by atoms with Gasteiger partial charge in [0.15, 0.2) is 11.5 Å². The Kier molecular flexibility index (Phi) is 3.97. The van der Waals surface area contributed by atoms with Gasteiger partial charge in [-0.1, -0.05) is 0 Å². The Bertz CT molecular complexity index is 451. The Morgan fingerprint density at radius 1 is 1.16 bits per heavy atom. The largest absolute Gasteiger partial charge is 0.573 e. The number of carbonyl (C=O) groups excluding carboxylic acids is 1. The lowest BCUT2D eigenvalue weighted by molar-refractivity contribution is -0.275. The van der Waals surface area contributed by atoms with Crippen molar-refractivity contribution in [3.8, 4) is 11.5 Å². The van der Waals surface area contributed by atoms with Crippen LogP contribution in [0, 0.1) is 0 Å². The summed E-state index contributed by atoms with van der Waals surface area (Å²) in [5.74, 6) is -0.446. The van der Waals surface area contributed by atoms with Gasteiger partial charge in [-0.15, -0.1) is 13.2 Å². The molecule has 1 aromatic rings. The van der Waals surface area contributed by atoms with Crippen LogP contribution in [-0.2, 0) is 0 Å². The fraction of sp³-hybridized carbons (Fsp3) is 0.462. The molecule has 0 amide bonds. The zero-order chi connectivity index (χ0) is 13.9. The van der Waals surface area contributed by atoms with Crippen molar-refractivity contribution < 1.29 is 27.4 Å². The second kappa shape index (κ2) is 5.50. The van der Waals surface area contributed by atoms with Crippen LogP contribution < -0.4 is 9.47 Å². The molecule has 6 heteroatoms. The van der Waals surface area contributed by atoms with Crippen molar-refractivity contribution in [1.29, 1.82) is 0 Å². The molecule has 0 radical (unpaired) electrons. The smallest absolute Gasteiger partial charge is 0.487 e. The molecule has 0 spiro atoms. The molecule has 2 rings (SSSR count). The summed E-state index contributed by atoms with van der Waals surface area (Å²) in [6.45, 7) is 0. The van der Waals surface area contributed by atoms with Crippen LogP contribution >= 0.6 is 0 Å². The molecule has 1 aromatic carbocycles. The van der Waals surface area contributed by atoms with E-state index in [1.807, 2.05) is 0 Å². The van der Waals surface area contributed by atoms with Crippen molar-refractivity contribution in [2.45, 2.75) is 38.1 Å². The number of aldehydes is 1. The normalized spacial score (nSPS) is 16.4. The standard InChI is InChI=1S/C13H13F3O3/c14-13(15,16)19-12-7-9(8-17)5-6-11(12)18-10-3-1-2-4-10/h5-8,10H,1-4H2. The predicted octanol–water partition coefficient (Wildman–Crippen LogP) is 3.72. The van der Waals surface area contributed by atoms with Crippen molar-refractivity contribution in [2.75, 3.05) is 0 Å². The summed E-state index contributed by atoms with van der Waals surface area (Å²) in [4.78, 5) is 10.6. The van der Waals surface area contributed by atoms with E-state index in [1.165, 1.54) is 12.1 Å². The number of hydrogen-bond acceptors (Lipinski definition) is 3. The summed E-state index contributed by atoms with van der Waals surface area (Å²) in [6.07, 6.45) is -0.781. The summed E-state index contributed by atoms with van der Waals surface area (Å²) >= 11 is 0. The Morgan fingerprint density at radius 2 is 1.84 bits per heavy atom. The first-order valence-corrected chi connectivity index (χ1v) is 5.99. The van der Waals surface area contributed by atoms with Crippen molar-refractivity contribution in [1.82, 2.24) is 0 Å². The molecular formula is C13H13F3O3. The summed E-state index contributed by atoms with van der Waals surface area (Å²) in [5, 5.41) is 0. The van der Waals surface area contributed by atoms with E-state index in [2.05, 4.69) is 4.74 Å². The van der Waals surface area contributed by atoms with Crippen LogP contribution in [0.4, 0.5) is 13.2 Å². The number of carbonyl (C=O) groups is 1. The Labute approximate surface area is 108 Å². The molecule has 1 aliphatic carbocycles. The molecule has 0 aromatic heterocycles. The molecule has 1 fully saturated rings. The van der Waals surface area contributed by atoms with Gasteiger partial charge in [0, 0.05) is 5.56 Å². The third-order valence-corrected chi connectivity index (χ3v) is 2.93. The predicted molar refractivity (Wildman–Crippen MR) is 61.4 cm³/mol. The topological polar surface area (TPSA) is 35.5 Å². The van der Waals surface area contributed by atoms with Gasteiger partial charge in [-0.25, -0.2) is 0 Å². The quantitative estimate of drug-likeness (QED) is 0.785. The highest BCUT2D eigenvalue weighted by molar-refractivity contribution is 5.76. The van der Waals surface area contributed by atoms with E-state index in [4.69, 9.17) is 4.74 Å². The Balaban J connectivity index is 2.21. The average Bonchev–Trinajstić information content (AvgIpc) is 2.82. The molecule has 1 aliphatic rings. The number of rotatable bonds is 4. The molecule has 3 nitrogen and oxygen atoms in total. The van der Waals surface area contributed by atoms with Gasteiger partial charge >= 0.3 is 6.36 Å². The molecule has 0 N–H and O–H groups in total. The number of halogens is 3. The van der Waals surface area contributed by atoms with Crippen LogP contribution in [0.1, 0.15) is 36.0 Å². The van der Waals surface area contributed by atoms with Crippen molar-refractivity contribution in [3.05, 3.63) is 23.8 Å². The molecule has 0 atom stereocenters. The third kappa shape index (κ3) is 3.87. The van der Waals surface area contributed by atoms with E-state index in [0.29, 0.717) is 6.29 Å². The summed E-state index contributed by atoms with van der Waals surface area (Å²) in [5.41, 5.74) is 0.109. The first kappa shape index (κ1) is 13.7. The van der Waals surface area contributed by atoms with Crippen LogP contribution in [0.5, 0.6) is 11.5 Å². The van der Waals surface area contributed by atoms with Crippen molar-refractivity contribution in [3.63, 3.8) is 0 Å². The van der Waals surface area contributed by atoms with Gasteiger partial charge in [0.2, 0.25) is 0 Å². The number of hydrogen-bond donors (Lipinski definition) is 0. The highest BCUT2D eigenvalue weighted by Crippen LogP contribution is 2.35. The summed E-state index contributed by atoms with van der Waals surface area (Å²) < 4.78 is 46.3. The second-order valence-electron chi connectivity index (χ2n) is 4.40. The average molecular weight is 274 g/mol. The van der Waals surface area contributed by atoms with Crippen LogP contribution in [0.2, 0.25) is 0 Å². The zero-order valence-electron chi connectivity index (χ0n) is 10.1. The first-order chi connectivity index (χ1) is 8.98. The molecule has 0 unspecified atom stereocenters. The third-order valence-electron chi connectivity index (χ3n) is 2.93. The zero-order valence-corrected chi connectivity index (χ0v) is 10.1. The van der Waals surface area contributed by atoms with E-state index < -0.39 is 12.1 Å². The lowest BCUT2D eigenvalue weighted by atomic mass is 10.2. The summed E-state index contributed by atoms with van der Waals surface area (Å²) in [6, 6.07) is 3.77. The maximum Gasteiger partial charge on any atom is 0.573 e. The number of ether oxygens (including phenoxy) is 2. The maximum absolute atomic E-state index is 12.3. The van der Waals surface area contributed by atoms with E-state index in [0.717, 1.165) is 31.7 Å². The minimum absolute atomic E-state index is 0.0230. The SMILES string of the molecule is O=Cc1ccc(OC2CCCC2)c(OC(F)(F)F)c1. The monoisotopic (exact) mass is 274 g/mol. The molecule has 19 heavy (non-hydrogen) atoms. The molecule has 0 saturated heterocycles. The minimum Gasteiger partial charge on any atom is -0.487 e. The van der Waals surface area contributed by atoms with Gasteiger partial charge in [-0.05, 0) is 43.9 Å². The van der Waals surface area contributed by atoms with Gasteiger partial charge < -0.3 is 9.47 Å². The van der Waals surface area contributed by atoms with Gasteiger partial charge in [-0.3, -0.25) is 4.79 Å². The van der Waals surface area contributed by atoms with Gasteiger partial charge in [0.1, 0.15) is 6.29 Å². The maximum atomic E-state index is 12.3. The van der Waals surface area contributed by atoms with Gasteiger partial charge in [-0.2, -0.15) is 0 Å². The highest BCUT2D eigenvalue weighted by atomic mass is 19.4. The van der Waals surface area contributed by atoms with E-state index in [9.17, 15) is 18.0 Å². The molecule has 104 valence electrons. The van der Waals surface area contributed by atoms with Crippen LogP contribution in [0.3, 0.4) is 0 Å². The lowest BCUT2D eigenvalue weighted by Gasteiger charge is -2.17. The molecule has 0 bridgehead atoms. The molecule has 1 saturated carbocycles. The van der Waals surface area contributed by atoms with Crippen LogP contribution in [-0.4, -0.2) is 18.8 Å². The first-order valence-electron chi connectivity index (χ1n) is 5.99. The van der Waals surface area contributed by atoms with Gasteiger partial charge in [0.25, 0.3) is 0 Å². The Morgan fingerprint density at radius 3 is 2.42 bits per heavy atom. The minimum atomic E-state index is -4.81. The lowest BCUT2D eigenvalue weighted by Crippen LogP contribution is -2.19. The molecular weight excluding hydrogens is 261 g/mol. The van der Waals surface area contributed by atoms with E-state index in [-0.39, 0.29) is 17.4 Å². The van der Waals surface area contributed by atoms with Crippen molar-refractivity contribution >= 4 is 6.29 Å². The molecule has 0 aliphatic heterocycles. The molecule has 0 heterocycles. The van der Waals surface area contributed by atoms with Crippen LogP contribution in [0.25, 0.3) is 0 Å². The summed E-state index contributed by atoms with van der Waals surface area (Å²) in [7, 11) is 0. The fourth-order valence-corrected chi connectivity index (χ4v) is 2.09. The van der Waals surface area contributed by atoms with Crippen LogP contribution in [0.15, 0.2) is 18.2 Å². The Hall–Kier alpha value is -1.72. The second-order valence-corrected chi connectivity index (χ2v) is 4.40. The van der Waals surface area contributed by atoms with Gasteiger partial charge in [0.05, 0.1) is 6.10 Å². The van der Waals surface area contributed by atoms with E-state index >= 15 is 0 Å². The van der Waals surface area contributed by atoms with Crippen molar-refractivity contribution in [2.24, 2.45) is 0 Å². The number of alkyl halides is 3. The fourth-order valence-electron chi connectivity index (χ4n) is 2.09.